The van der Waals surface area contributed by atoms with Gasteiger partial charge in [0.1, 0.15) is 17.4 Å². The van der Waals surface area contributed by atoms with Crippen molar-refractivity contribution < 1.29 is 22.3 Å². The van der Waals surface area contributed by atoms with Crippen LogP contribution in [0.2, 0.25) is 0 Å². The fourth-order valence-corrected chi connectivity index (χ4v) is 2.79. The summed E-state index contributed by atoms with van der Waals surface area (Å²) in [6.45, 7) is 4.06. The molecule has 0 bridgehead atoms. The van der Waals surface area contributed by atoms with Gasteiger partial charge in [0.05, 0.1) is 19.7 Å². The number of ether oxygens (including phenoxy) is 1. The van der Waals surface area contributed by atoms with Gasteiger partial charge in [-0.25, -0.2) is 4.98 Å². The zero-order chi connectivity index (χ0) is 17.0. The third-order valence-electron chi connectivity index (χ3n) is 3.79. The van der Waals surface area contributed by atoms with Gasteiger partial charge in [0.25, 0.3) is 0 Å². The highest BCUT2D eigenvalue weighted by Gasteiger charge is 2.63. The van der Waals surface area contributed by atoms with Gasteiger partial charge >= 0.3 is 11.8 Å². The molecule has 0 unspecified atom stereocenters. The smallest absolute Gasteiger partial charge is 0.329 e. The molecule has 0 spiro atoms. The summed E-state index contributed by atoms with van der Waals surface area (Å²) < 4.78 is 59.5. The first-order valence-corrected chi connectivity index (χ1v) is 7.44. The minimum absolute atomic E-state index is 0.156. The first-order chi connectivity index (χ1) is 10.5. The van der Waals surface area contributed by atoms with Gasteiger partial charge in [-0.3, -0.25) is 0 Å². The highest BCUT2D eigenvalue weighted by Crippen LogP contribution is 2.45. The van der Waals surface area contributed by atoms with Gasteiger partial charge in [0, 0.05) is 23.6 Å². The Kier molecular flexibility index (Phi) is 3.42. The lowest BCUT2D eigenvalue weighted by atomic mass is 10.1. The van der Waals surface area contributed by atoms with Crippen molar-refractivity contribution >= 4 is 11.6 Å². The summed E-state index contributed by atoms with van der Waals surface area (Å²) in [6.07, 6.45) is 0.473. The van der Waals surface area contributed by atoms with Crippen LogP contribution in [0.3, 0.4) is 0 Å². The largest absolute Gasteiger partial charge is 0.493 e. The highest BCUT2D eigenvalue weighted by atomic mass is 19.3. The number of alkyl halides is 4. The standard InChI is InChI=1S/C15H19F4N3O/c1-13(2,3)21-11-6-10-9(4-5-23-10)12(20-11)22-7-14(16,17)15(18,19)8-22/h6H,4-5,7-8H2,1-3H3,(H,20,21). The summed E-state index contributed by atoms with van der Waals surface area (Å²) in [6, 6.07) is 1.68. The van der Waals surface area contributed by atoms with E-state index in [9.17, 15) is 17.6 Å². The molecule has 0 saturated carbocycles. The van der Waals surface area contributed by atoms with E-state index < -0.39 is 24.9 Å². The number of pyridine rings is 1. The van der Waals surface area contributed by atoms with Crippen LogP contribution in [0.15, 0.2) is 6.07 Å². The second-order valence-corrected chi connectivity index (χ2v) is 7.05. The van der Waals surface area contributed by atoms with Crippen molar-refractivity contribution in [1.82, 2.24) is 4.98 Å². The molecule has 1 saturated heterocycles. The summed E-state index contributed by atoms with van der Waals surface area (Å²) in [5, 5.41) is 3.12. The summed E-state index contributed by atoms with van der Waals surface area (Å²) in [5.41, 5.74) is 0.300. The van der Waals surface area contributed by atoms with E-state index in [1.165, 1.54) is 0 Å². The molecule has 1 aromatic heterocycles. The molecule has 8 heteroatoms. The van der Waals surface area contributed by atoms with Crippen LogP contribution in [0.4, 0.5) is 29.2 Å². The van der Waals surface area contributed by atoms with Gasteiger partial charge in [0.2, 0.25) is 0 Å². The number of halogens is 4. The molecule has 23 heavy (non-hydrogen) atoms. The number of nitrogens with one attached hydrogen (secondary N) is 1. The first kappa shape index (κ1) is 16.1. The summed E-state index contributed by atoms with van der Waals surface area (Å²) in [7, 11) is 0. The Hall–Kier alpha value is -1.73. The second kappa shape index (κ2) is 4.88. The molecule has 2 aliphatic heterocycles. The van der Waals surface area contributed by atoms with E-state index in [4.69, 9.17) is 4.74 Å². The van der Waals surface area contributed by atoms with E-state index in [2.05, 4.69) is 10.3 Å². The number of hydrogen-bond acceptors (Lipinski definition) is 4. The summed E-state index contributed by atoms with van der Waals surface area (Å²) >= 11 is 0. The minimum Gasteiger partial charge on any atom is -0.493 e. The fourth-order valence-electron chi connectivity index (χ4n) is 2.79. The normalized spacial score (nSPS) is 22.0. The van der Waals surface area contributed by atoms with Crippen molar-refractivity contribution in [2.75, 3.05) is 29.9 Å². The maximum absolute atomic E-state index is 13.5. The molecule has 0 radical (unpaired) electrons. The van der Waals surface area contributed by atoms with E-state index in [1.54, 1.807) is 6.07 Å². The van der Waals surface area contributed by atoms with Crippen LogP contribution in [0.1, 0.15) is 26.3 Å². The lowest BCUT2D eigenvalue weighted by molar-refractivity contribution is -0.172. The fraction of sp³-hybridized carbons (Fsp3) is 0.667. The molecule has 1 fully saturated rings. The molecule has 0 atom stereocenters. The zero-order valence-corrected chi connectivity index (χ0v) is 13.2. The van der Waals surface area contributed by atoms with Crippen LogP contribution in [-0.2, 0) is 6.42 Å². The van der Waals surface area contributed by atoms with E-state index in [-0.39, 0.29) is 11.4 Å². The predicted octanol–water partition coefficient (Wildman–Crippen LogP) is 3.32. The van der Waals surface area contributed by atoms with Crippen molar-refractivity contribution in [3.8, 4) is 5.75 Å². The molecule has 3 heterocycles. The molecule has 4 nitrogen and oxygen atoms in total. The quantitative estimate of drug-likeness (QED) is 0.843. The Labute approximate surface area is 131 Å². The molecule has 128 valence electrons. The molecule has 1 N–H and O–H groups in total. The van der Waals surface area contributed by atoms with E-state index >= 15 is 0 Å². The van der Waals surface area contributed by atoms with Crippen molar-refractivity contribution in [3.05, 3.63) is 11.6 Å². The van der Waals surface area contributed by atoms with Crippen molar-refractivity contribution in [2.45, 2.75) is 44.6 Å². The van der Waals surface area contributed by atoms with Crippen LogP contribution in [0.5, 0.6) is 5.75 Å². The van der Waals surface area contributed by atoms with Crippen molar-refractivity contribution in [3.63, 3.8) is 0 Å². The van der Waals surface area contributed by atoms with Crippen LogP contribution < -0.4 is 15.0 Å². The number of rotatable bonds is 2. The average Bonchev–Trinajstić information content (AvgIpc) is 2.89. The van der Waals surface area contributed by atoms with E-state index in [0.717, 1.165) is 4.90 Å². The lowest BCUT2D eigenvalue weighted by Crippen LogP contribution is -2.38. The monoisotopic (exact) mass is 333 g/mol. The third kappa shape index (κ3) is 2.90. The van der Waals surface area contributed by atoms with Crippen molar-refractivity contribution in [1.29, 1.82) is 0 Å². The van der Waals surface area contributed by atoms with Gasteiger partial charge < -0.3 is 15.0 Å². The minimum atomic E-state index is -4.06. The van der Waals surface area contributed by atoms with Crippen LogP contribution in [0, 0.1) is 0 Å². The molecule has 1 aromatic rings. The number of fused-ring (bicyclic) bond motifs is 1. The van der Waals surface area contributed by atoms with E-state index in [0.29, 0.717) is 30.2 Å². The van der Waals surface area contributed by atoms with Gasteiger partial charge in [-0.15, -0.1) is 0 Å². The Morgan fingerprint density at radius 1 is 1.17 bits per heavy atom. The van der Waals surface area contributed by atoms with Crippen molar-refractivity contribution in [2.24, 2.45) is 0 Å². The second-order valence-electron chi connectivity index (χ2n) is 7.05. The SMILES string of the molecule is CC(C)(C)Nc1cc2c(c(N3CC(F)(F)C(F)(F)C3)n1)CCO2. The van der Waals surface area contributed by atoms with Crippen LogP contribution >= 0.6 is 0 Å². The number of aromatic nitrogens is 1. The van der Waals surface area contributed by atoms with E-state index in [1.807, 2.05) is 20.8 Å². The molecule has 0 aromatic carbocycles. The predicted molar refractivity (Wildman–Crippen MR) is 78.9 cm³/mol. The molecule has 0 aliphatic carbocycles. The molecule has 3 rings (SSSR count). The molecular formula is C15H19F4N3O. The zero-order valence-electron chi connectivity index (χ0n) is 13.2. The average molecular weight is 333 g/mol. The van der Waals surface area contributed by atoms with Gasteiger partial charge in [-0.2, -0.15) is 17.6 Å². The molecular weight excluding hydrogens is 314 g/mol. The summed E-state index contributed by atoms with van der Waals surface area (Å²) in [4.78, 5) is 5.27. The lowest BCUT2D eigenvalue weighted by Gasteiger charge is -2.24. The van der Waals surface area contributed by atoms with Crippen LogP contribution in [-0.4, -0.2) is 42.1 Å². The topological polar surface area (TPSA) is 37.4 Å². The molecule has 0 amide bonds. The third-order valence-corrected chi connectivity index (χ3v) is 3.79. The Morgan fingerprint density at radius 3 is 2.35 bits per heavy atom. The Morgan fingerprint density at radius 2 is 1.78 bits per heavy atom. The van der Waals surface area contributed by atoms with Gasteiger partial charge in [0.15, 0.2) is 0 Å². The van der Waals surface area contributed by atoms with Gasteiger partial charge in [-0.05, 0) is 20.8 Å². The Balaban J connectivity index is 1.99. The highest BCUT2D eigenvalue weighted by molar-refractivity contribution is 5.63. The number of nitrogens with zero attached hydrogens (tertiary/aromatic N) is 2. The number of hydrogen-bond donors (Lipinski definition) is 1. The van der Waals surface area contributed by atoms with Crippen LogP contribution in [0.25, 0.3) is 0 Å². The number of anilines is 2. The maximum Gasteiger partial charge on any atom is 0.329 e. The summed E-state index contributed by atoms with van der Waals surface area (Å²) in [5.74, 6) is -7.03. The first-order valence-electron chi connectivity index (χ1n) is 7.44. The molecule has 2 aliphatic rings. The van der Waals surface area contributed by atoms with Gasteiger partial charge in [-0.1, -0.05) is 0 Å². The Bertz CT molecular complexity index is 612. The maximum atomic E-state index is 13.5.